The number of hydrogen-bond donors (Lipinski definition) is 17. The summed E-state index contributed by atoms with van der Waals surface area (Å²) in [6, 6.07) is 8.37. The van der Waals surface area contributed by atoms with E-state index in [1.807, 2.05) is 48.5 Å². The molecule has 8 rings (SSSR count). The normalized spacial score (nSPS) is 37.7. The first-order valence-electron chi connectivity index (χ1n) is 30.2. The molecule has 4 amide bonds. The van der Waals surface area contributed by atoms with Gasteiger partial charge in [-0.25, -0.2) is 9.59 Å². The highest BCUT2D eigenvalue weighted by Gasteiger charge is 2.57. The molecule has 0 spiro atoms. The van der Waals surface area contributed by atoms with Gasteiger partial charge in [0.25, 0.3) is 0 Å². The molecule has 34 nitrogen and oxygen atoms in total. The van der Waals surface area contributed by atoms with Gasteiger partial charge < -0.3 is 144 Å². The van der Waals surface area contributed by atoms with Crippen LogP contribution in [0, 0.1) is 0 Å². The Morgan fingerprint density at radius 2 is 0.935 bits per heavy atom. The quantitative estimate of drug-likeness (QED) is 0.0460. The van der Waals surface area contributed by atoms with Gasteiger partial charge >= 0.3 is 12.1 Å². The fourth-order valence-corrected chi connectivity index (χ4v) is 12.0. The van der Waals surface area contributed by atoms with Gasteiger partial charge in [-0.2, -0.15) is 0 Å². The lowest BCUT2D eigenvalue weighted by Crippen LogP contribution is -2.70. The monoisotopic (exact) mass is 1330 g/mol. The maximum atomic E-state index is 14.2. The van der Waals surface area contributed by atoms with E-state index in [4.69, 9.17) is 56.8 Å². The second-order valence-electron chi connectivity index (χ2n) is 24.5. The van der Waals surface area contributed by atoms with Crippen LogP contribution in [0.3, 0.4) is 0 Å². The Bertz CT molecular complexity index is 2790. The van der Waals surface area contributed by atoms with E-state index in [0.717, 1.165) is 43.0 Å². The number of hydrogen-bond acceptors (Lipinski definition) is 30. The van der Waals surface area contributed by atoms with Crippen LogP contribution in [0.1, 0.15) is 65.5 Å². The topological polar surface area (TPSA) is 507 Å². The molecule has 0 aromatic heterocycles. The molecule has 5 saturated heterocycles. The van der Waals surface area contributed by atoms with Crippen LogP contribution in [0.25, 0.3) is 11.1 Å². The third-order valence-corrected chi connectivity index (χ3v) is 16.6. The Hall–Kier alpha value is -5.33. The van der Waals surface area contributed by atoms with E-state index in [1.165, 1.54) is 6.92 Å². The zero-order chi connectivity index (χ0) is 68.1. The molecule has 0 radical (unpaired) electrons. The molecule has 0 unspecified atom stereocenters. The largest absolute Gasteiger partial charge is 0.458 e. The number of amides is 4. The minimum absolute atomic E-state index is 0.182. The summed E-state index contributed by atoms with van der Waals surface area (Å²) >= 11 is 0. The van der Waals surface area contributed by atoms with Crippen LogP contribution in [0.2, 0.25) is 0 Å². The third kappa shape index (κ3) is 16.9. The number of rotatable bonds is 23. The third-order valence-electron chi connectivity index (χ3n) is 16.6. The molecule has 2 aromatic rings. The van der Waals surface area contributed by atoms with Gasteiger partial charge in [0.15, 0.2) is 37.5 Å². The molecule has 34 heteroatoms. The van der Waals surface area contributed by atoms with Crippen LogP contribution >= 0.6 is 0 Å². The first-order chi connectivity index (χ1) is 44.0. The standard InChI is InChI=1S/C59H86N4O30/c1-22(36(52(80)93-59(5,6)7)63-58(81)83-20-30-28-14-10-8-12-26(28)27-13-9-11-15-29(27)30)84-55-39(62-25(4)70)50(91-56-47(78)46(77)41(72)32(17-65)86-56)43(74)35(89-55)21-82-53-38(61-24(3)69)45(76)49(34(19-67)88-53)90-57-48(79)51(42(73)33(18-66)87-57)92-54-37(60-23(2)68)44(75)40(71)31(16-64)85-54/h8-15,22,30-51,53-57,64-67,71-79H,16-21H2,1-7H3,(H,60,68)(H,61,69)(H,62,70)(H,63,81)/t22-,31-,32-,33-,34-,35-,36+,37-,38-,39-,40-,41+,42+,43+,44-,45-,46+,47-,48-,49-,50-,51+,53-,54+,55+,56+,57+/m1/s1. The molecule has 5 aliphatic heterocycles. The number of carbonyl (C=O) groups is 5. The molecule has 27 atom stereocenters. The lowest BCUT2D eigenvalue weighted by molar-refractivity contribution is -0.371. The van der Waals surface area contributed by atoms with Crippen molar-refractivity contribution < 1.29 is 147 Å². The molecule has 6 aliphatic rings. The summed E-state index contributed by atoms with van der Waals surface area (Å²) in [5, 5.41) is 152. The molecule has 1 aliphatic carbocycles. The summed E-state index contributed by atoms with van der Waals surface area (Å²) in [4.78, 5) is 66.3. The second-order valence-corrected chi connectivity index (χ2v) is 24.5. The van der Waals surface area contributed by atoms with Crippen molar-refractivity contribution in [3.8, 4) is 11.1 Å². The summed E-state index contributed by atoms with van der Waals surface area (Å²) in [6.45, 7) is 4.27. The lowest BCUT2D eigenvalue weighted by Gasteiger charge is -2.50. The predicted octanol–water partition coefficient (Wildman–Crippen LogP) is -6.83. The van der Waals surface area contributed by atoms with Crippen LogP contribution in [0.4, 0.5) is 4.79 Å². The molecule has 93 heavy (non-hydrogen) atoms. The number of nitrogens with one attached hydrogen (secondary N) is 4. The summed E-state index contributed by atoms with van der Waals surface area (Å²) < 4.78 is 71.5. The first-order valence-corrected chi connectivity index (χ1v) is 30.2. The van der Waals surface area contributed by atoms with Gasteiger partial charge in [-0.05, 0) is 49.9 Å². The minimum Gasteiger partial charge on any atom is -0.458 e. The van der Waals surface area contributed by atoms with Crippen LogP contribution in [0.5, 0.6) is 0 Å². The van der Waals surface area contributed by atoms with E-state index in [9.17, 15) is 90.4 Å². The van der Waals surface area contributed by atoms with E-state index < -0.39 is 240 Å². The van der Waals surface area contributed by atoms with E-state index in [1.54, 1.807) is 20.8 Å². The highest BCUT2D eigenvalue weighted by molar-refractivity contribution is 5.83. The van der Waals surface area contributed by atoms with Gasteiger partial charge in [0, 0.05) is 26.7 Å². The molecular weight excluding hydrogens is 1240 g/mol. The summed E-state index contributed by atoms with van der Waals surface area (Å²) in [5.41, 5.74) is 2.50. The second kappa shape index (κ2) is 31.7. The van der Waals surface area contributed by atoms with Gasteiger partial charge in [-0.3, -0.25) is 14.4 Å². The average Bonchev–Trinajstić information content (AvgIpc) is 1.73. The highest BCUT2D eigenvalue weighted by Crippen LogP contribution is 2.45. The van der Waals surface area contributed by atoms with Crippen molar-refractivity contribution in [2.75, 3.05) is 39.6 Å². The van der Waals surface area contributed by atoms with Crippen molar-refractivity contribution >= 4 is 29.8 Å². The van der Waals surface area contributed by atoms with E-state index in [-0.39, 0.29) is 6.61 Å². The number of benzene rings is 2. The fraction of sp³-hybridized carbons (Fsp3) is 0.712. The van der Waals surface area contributed by atoms with Gasteiger partial charge in [-0.1, -0.05) is 48.5 Å². The van der Waals surface area contributed by atoms with Crippen LogP contribution < -0.4 is 21.3 Å². The fourth-order valence-electron chi connectivity index (χ4n) is 12.0. The van der Waals surface area contributed by atoms with Crippen molar-refractivity contribution in [3.63, 3.8) is 0 Å². The molecule has 522 valence electrons. The Labute approximate surface area is 532 Å². The Morgan fingerprint density at radius 1 is 0.484 bits per heavy atom. The Balaban J connectivity index is 1.05. The summed E-state index contributed by atoms with van der Waals surface area (Å²) in [6.07, 6.45) is -44.0. The Morgan fingerprint density at radius 3 is 1.48 bits per heavy atom. The lowest BCUT2D eigenvalue weighted by atomic mass is 9.94. The molecule has 2 aromatic carbocycles. The maximum absolute atomic E-state index is 14.2. The molecule has 0 bridgehead atoms. The van der Waals surface area contributed by atoms with Gasteiger partial charge in [0.1, 0.15) is 134 Å². The van der Waals surface area contributed by atoms with Gasteiger partial charge in [0.2, 0.25) is 17.7 Å². The van der Waals surface area contributed by atoms with Crippen LogP contribution in [0.15, 0.2) is 48.5 Å². The number of aliphatic hydroxyl groups excluding tert-OH is 13. The number of aliphatic hydroxyl groups is 13. The molecule has 5 fully saturated rings. The number of ether oxygens (including phenoxy) is 12. The highest BCUT2D eigenvalue weighted by atomic mass is 16.8. The van der Waals surface area contributed by atoms with Crippen LogP contribution in [-0.4, -0.2) is 307 Å². The minimum atomic E-state index is -2.15. The summed E-state index contributed by atoms with van der Waals surface area (Å²) in [5.74, 6) is -3.83. The predicted molar refractivity (Wildman–Crippen MR) is 307 cm³/mol. The molecular formula is C59H86N4O30. The molecule has 5 heterocycles. The Kier molecular flexibility index (Phi) is 25.0. The van der Waals surface area contributed by atoms with Gasteiger partial charge in [-0.15, -0.1) is 0 Å². The van der Waals surface area contributed by atoms with E-state index in [2.05, 4.69) is 21.3 Å². The molecule has 17 N–H and O–H groups in total. The van der Waals surface area contributed by atoms with Crippen molar-refractivity contribution in [2.45, 2.75) is 225 Å². The number of fused-ring (bicyclic) bond motifs is 3. The van der Waals surface area contributed by atoms with Crippen molar-refractivity contribution in [3.05, 3.63) is 59.7 Å². The number of esters is 1. The molecule has 0 saturated carbocycles. The van der Waals surface area contributed by atoms with Crippen molar-refractivity contribution in [1.82, 2.24) is 21.3 Å². The van der Waals surface area contributed by atoms with Crippen LogP contribution in [-0.2, 0) is 76.0 Å². The number of alkyl carbamates (subject to hydrolysis) is 1. The van der Waals surface area contributed by atoms with Crippen molar-refractivity contribution in [1.29, 1.82) is 0 Å². The average molecular weight is 1330 g/mol. The van der Waals surface area contributed by atoms with E-state index >= 15 is 0 Å². The maximum Gasteiger partial charge on any atom is 0.407 e. The zero-order valence-corrected chi connectivity index (χ0v) is 51.8. The van der Waals surface area contributed by atoms with Crippen molar-refractivity contribution in [2.24, 2.45) is 0 Å². The van der Waals surface area contributed by atoms with Gasteiger partial charge in [0.05, 0.1) is 39.1 Å². The smallest absolute Gasteiger partial charge is 0.407 e. The zero-order valence-electron chi connectivity index (χ0n) is 51.8. The van der Waals surface area contributed by atoms with E-state index in [0.29, 0.717) is 0 Å². The summed E-state index contributed by atoms with van der Waals surface area (Å²) in [7, 11) is 0. The SMILES string of the molecule is CC(=O)N[C@H]1[C@H](OC[C@H]2O[C@H](O[C@H](C)[C@H](NC(=O)OCC3c4ccccc4-c4ccccc43)C(=O)OC(C)(C)C)[C@H](NC(C)=O)[C@@H](O[C@@H]3O[C@H](CO)[C@H](O)[C@H](O)[C@H]3O)[C@H]2O)O[C@H](CO)[C@@H](O[C@@H]2O[C@H](CO)[C@H](O)[C@H](O[C@@H]3O[C@H](CO)[C@@H](O)[C@H](O)[C@H]3NC(C)=O)[C@H]2O)[C@@H]1O. The first kappa shape index (κ1) is 73.5. The number of carbonyl (C=O) groups excluding carboxylic acids is 5.